The first-order valence-electron chi connectivity index (χ1n) is 7.27. The first-order valence-corrected chi connectivity index (χ1v) is 7.27. The van der Waals surface area contributed by atoms with E-state index < -0.39 is 0 Å². The van der Waals surface area contributed by atoms with Gasteiger partial charge in [0, 0.05) is 18.3 Å². The van der Waals surface area contributed by atoms with Crippen LogP contribution in [0.1, 0.15) is 15.9 Å². The number of hydrogen-bond acceptors (Lipinski definition) is 3. The molecule has 0 saturated carbocycles. The maximum absolute atomic E-state index is 12.2. The van der Waals surface area contributed by atoms with E-state index in [1.807, 2.05) is 55.7 Å². The number of carbonyl (C=O) groups is 1. The molecule has 5 nitrogen and oxygen atoms in total. The number of carbonyl (C=O) groups excluding carboxylic acids is 1. The molecule has 0 unspecified atom stereocenters. The molecule has 0 aliphatic heterocycles. The molecule has 1 heterocycles. The Morgan fingerprint density at radius 3 is 2.52 bits per heavy atom. The molecule has 3 rings (SSSR count). The fraction of sp³-hybridized carbons (Fsp3) is 0.111. The summed E-state index contributed by atoms with van der Waals surface area (Å²) in [5, 5.41) is 6.90. The minimum atomic E-state index is -0.129. The number of aryl methyl sites for hydroxylation is 1. The van der Waals surface area contributed by atoms with Crippen LogP contribution in [0.4, 0.5) is 5.69 Å². The molecule has 0 saturated heterocycles. The molecule has 23 heavy (non-hydrogen) atoms. The molecule has 0 aliphatic rings. The van der Waals surface area contributed by atoms with Gasteiger partial charge in [-0.25, -0.2) is 0 Å². The molecule has 116 valence electrons. The monoisotopic (exact) mass is 307 g/mol. The molecular formula is C18H17N3O2. The molecule has 0 fully saturated rings. The second-order valence-corrected chi connectivity index (χ2v) is 5.16. The summed E-state index contributed by atoms with van der Waals surface area (Å²) in [4.78, 5) is 12.2. The molecule has 2 aromatic carbocycles. The van der Waals surface area contributed by atoms with Crippen molar-refractivity contribution in [1.29, 1.82) is 0 Å². The molecule has 0 atom stereocenters. The molecule has 0 spiro atoms. The van der Waals surface area contributed by atoms with Crippen LogP contribution >= 0.6 is 0 Å². The van der Waals surface area contributed by atoms with Gasteiger partial charge in [0.15, 0.2) is 5.75 Å². The first kappa shape index (κ1) is 14.8. The maximum Gasteiger partial charge on any atom is 0.255 e. The van der Waals surface area contributed by atoms with E-state index in [2.05, 4.69) is 10.4 Å². The smallest absolute Gasteiger partial charge is 0.255 e. The van der Waals surface area contributed by atoms with Crippen molar-refractivity contribution in [3.63, 3.8) is 0 Å². The van der Waals surface area contributed by atoms with Crippen molar-refractivity contribution in [2.45, 2.75) is 6.61 Å². The van der Waals surface area contributed by atoms with Crippen molar-refractivity contribution in [3.8, 4) is 5.75 Å². The number of ether oxygens (including phenoxy) is 1. The van der Waals surface area contributed by atoms with E-state index in [-0.39, 0.29) is 5.91 Å². The third kappa shape index (κ3) is 3.97. The van der Waals surface area contributed by atoms with Crippen molar-refractivity contribution in [3.05, 3.63) is 78.1 Å². The van der Waals surface area contributed by atoms with Gasteiger partial charge >= 0.3 is 0 Å². The summed E-state index contributed by atoms with van der Waals surface area (Å²) in [6, 6.07) is 16.7. The lowest BCUT2D eigenvalue weighted by atomic mass is 10.1. The second-order valence-electron chi connectivity index (χ2n) is 5.16. The number of benzene rings is 2. The number of aromatic nitrogens is 2. The van der Waals surface area contributed by atoms with Gasteiger partial charge < -0.3 is 10.1 Å². The number of anilines is 1. The van der Waals surface area contributed by atoms with Gasteiger partial charge in [-0.05, 0) is 29.8 Å². The van der Waals surface area contributed by atoms with Crippen molar-refractivity contribution in [2.24, 2.45) is 7.05 Å². The minimum Gasteiger partial charge on any atom is -0.486 e. The molecule has 1 N–H and O–H groups in total. The van der Waals surface area contributed by atoms with E-state index in [0.29, 0.717) is 12.2 Å². The lowest BCUT2D eigenvalue weighted by Gasteiger charge is -2.07. The maximum atomic E-state index is 12.2. The normalized spacial score (nSPS) is 10.3. The Bertz CT molecular complexity index is 780. The van der Waals surface area contributed by atoms with E-state index in [1.54, 1.807) is 23.0 Å². The van der Waals surface area contributed by atoms with Gasteiger partial charge in [-0.3, -0.25) is 9.48 Å². The lowest BCUT2D eigenvalue weighted by molar-refractivity contribution is 0.102. The number of hydrogen-bond donors (Lipinski definition) is 1. The fourth-order valence-electron chi connectivity index (χ4n) is 2.12. The van der Waals surface area contributed by atoms with Crippen LogP contribution in [0.3, 0.4) is 0 Å². The Morgan fingerprint density at radius 2 is 1.87 bits per heavy atom. The van der Waals surface area contributed by atoms with Crippen LogP contribution < -0.4 is 10.1 Å². The highest BCUT2D eigenvalue weighted by Crippen LogP contribution is 2.13. The summed E-state index contributed by atoms with van der Waals surface area (Å²) in [6.45, 7) is 0.437. The third-order valence-electron chi connectivity index (χ3n) is 3.33. The quantitative estimate of drug-likeness (QED) is 0.787. The minimum absolute atomic E-state index is 0.129. The summed E-state index contributed by atoms with van der Waals surface area (Å²) < 4.78 is 7.31. The largest absolute Gasteiger partial charge is 0.486 e. The predicted octanol–water partition coefficient (Wildman–Crippen LogP) is 3.25. The van der Waals surface area contributed by atoms with Crippen LogP contribution in [0.15, 0.2) is 67.0 Å². The van der Waals surface area contributed by atoms with E-state index in [1.165, 1.54) is 0 Å². The summed E-state index contributed by atoms with van der Waals surface area (Å²) >= 11 is 0. The average Bonchev–Trinajstić information content (AvgIpc) is 3.00. The standard InChI is InChI=1S/C18H17N3O2/c1-21-12-17(11-19-21)23-13-14-7-9-15(10-8-14)18(22)20-16-5-3-2-4-6-16/h2-12H,13H2,1H3,(H,20,22). The Hall–Kier alpha value is -3.08. The van der Waals surface area contributed by atoms with Gasteiger partial charge in [0.1, 0.15) is 6.61 Å². The molecule has 0 aliphatic carbocycles. The van der Waals surface area contributed by atoms with Crippen molar-refractivity contribution >= 4 is 11.6 Å². The molecule has 0 radical (unpaired) electrons. The van der Waals surface area contributed by atoms with Crippen LogP contribution in [0, 0.1) is 0 Å². The third-order valence-corrected chi connectivity index (χ3v) is 3.33. The van der Waals surface area contributed by atoms with E-state index in [0.717, 1.165) is 17.0 Å². The van der Waals surface area contributed by atoms with E-state index in [9.17, 15) is 4.79 Å². The highest BCUT2D eigenvalue weighted by Gasteiger charge is 2.06. The zero-order chi connectivity index (χ0) is 16.1. The predicted molar refractivity (Wildman–Crippen MR) is 88.4 cm³/mol. The molecule has 5 heteroatoms. The van der Waals surface area contributed by atoms with Gasteiger partial charge in [-0.2, -0.15) is 5.10 Å². The Balaban J connectivity index is 1.59. The van der Waals surface area contributed by atoms with Crippen molar-refractivity contribution in [1.82, 2.24) is 9.78 Å². The Morgan fingerprint density at radius 1 is 1.13 bits per heavy atom. The van der Waals surface area contributed by atoms with E-state index >= 15 is 0 Å². The number of amides is 1. The molecule has 0 bridgehead atoms. The van der Waals surface area contributed by atoms with Gasteiger partial charge in [-0.15, -0.1) is 0 Å². The second kappa shape index (κ2) is 6.79. The van der Waals surface area contributed by atoms with Gasteiger partial charge in [0.2, 0.25) is 0 Å². The van der Waals surface area contributed by atoms with Crippen LogP contribution in [-0.4, -0.2) is 15.7 Å². The number of para-hydroxylation sites is 1. The fourth-order valence-corrected chi connectivity index (χ4v) is 2.12. The number of nitrogens with zero attached hydrogens (tertiary/aromatic N) is 2. The van der Waals surface area contributed by atoms with Crippen LogP contribution in [0.2, 0.25) is 0 Å². The van der Waals surface area contributed by atoms with Gasteiger partial charge in [-0.1, -0.05) is 30.3 Å². The molecule has 3 aromatic rings. The molecule has 1 amide bonds. The zero-order valence-corrected chi connectivity index (χ0v) is 12.8. The highest BCUT2D eigenvalue weighted by atomic mass is 16.5. The summed E-state index contributed by atoms with van der Waals surface area (Å²) in [5.74, 6) is 0.592. The lowest BCUT2D eigenvalue weighted by Crippen LogP contribution is -2.11. The van der Waals surface area contributed by atoms with Crippen molar-refractivity contribution < 1.29 is 9.53 Å². The SMILES string of the molecule is Cn1cc(OCc2ccc(C(=O)Nc3ccccc3)cc2)cn1. The molecule has 1 aromatic heterocycles. The van der Waals surface area contributed by atoms with Crippen LogP contribution in [0.25, 0.3) is 0 Å². The van der Waals surface area contributed by atoms with Crippen molar-refractivity contribution in [2.75, 3.05) is 5.32 Å². The zero-order valence-electron chi connectivity index (χ0n) is 12.8. The number of nitrogens with one attached hydrogen (secondary N) is 1. The average molecular weight is 307 g/mol. The first-order chi connectivity index (χ1) is 11.2. The summed E-state index contributed by atoms with van der Waals surface area (Å²) in [6.07, 6.45) is 3.48. The topological polar surface area (TPSA) is 56.1 Å². The van der Waals surface area contributed by atoms with Crippen LogP contribution in [0.5, 0.6) is 5.75 Å². The molecular weight excluding hydrogens is 290 g/mol. The summed E-state index contributed by atoms with van der Waals surface area (Å²) in [7, 11) is 1.84. The highest BCUT2D eigenvalue weighted by molar-refractivity contribution is 6.04. The Kier molecular flexibility index (Phi) is 4.38. The van der Waals surface area contributed by atoms with E-state index in [4.69, 9.17) is 4.74 Å². The number of rotatable bonds is 5. The van der Waals surface area contributed by atoms with Gasteiger partial charge in [0.05, 0.1) is 12.4 Å². The van der Waals surface area contributed by atoms with Crippen LogP contribution in [-0.2, 0) is 13.7 Å². The summed E-state index contributed by atoms with van der Waals surface area (Å²) in [5.41, 5.74) is 2.38. The Labute approximate surface area is 134 Å². The van der Waals surface area contributed by atoms with Gasteiger partial charge in [0.25, 0.3) is 5.91 Å².